The molecule has 104 valence electrons. The van der Waals surface area contributed by atoms with E-state index in [1.807, 2.05) is 24.3 Å². The Labute approximate surface area is 122 Å². The van der Waals surface area contributed by atoms with E-state index in [2.05, 4.69) is 19.9 Å². The highest BCUT2D eigenvalue weighted by Gasteiger charge is 2.16. The van der Waals surface area contributed by atoms with Crippen molar-refractivity contribution in [3.63, 3.8) is 0 Å². The molecule has 20 heavy (non-hydrogen) atoms. The fourth-order valence-electron chi connectivity index (χ4n) is 2.34. The summed E-state index contributed by atoms with van der Waals surface area (Å²) in [6, 6.07) is 7.41. The standard InChI is InChI=1S/C14H16ClN5/c15-11-6-4-10(5-7-11)12-17-13(16)19-14(18-12)20-8-2-1-3-9-20/h4-7H,1-3,8-9H2,(H2,16,17,18,19). The monoisotopic (exact) mass is 289 g/mol. The first-order valence-electron chi connectivity index (χ1n) is 6.75. The second-order valence-corrected chi connectivity index (χ2v) is 5.31. The maximum Gasteiger partial charge on any atom is 0.230 e. The molecule has 0 bridgehead atoms. The van der Waals surface area contributed by atoms with Gasteiger partial charge in [-0.2, -0.15) is 15.0 Å². The maximum atomic E-state index is 5.90. The van der Waals surface area contributed by atoms with Gasteiger partial charge in [0.05, 0.1) is 0 Å². The minimum absolute atomic E-state index is 0.255. The molecule has 1 saturated heterocycles. The SMILES string of the molecule is Nc1nc(-c2ccc(Cl)cc2)nc(N2CCCCC2)n1. The number of aromatic nitrogens is 3. The number of benzene rings is 1. The molecular weight excluding hydrogens is 274 g/mol. The van der Waals surface area contributed by atoms with E-state index in [0.717, 1.165) is 18.7 Å². The molecular formula is C14H16ClN5. The van der Waals surface area contributed by atoms with Crippen LogP contribution in [0.25, 0.3) is 11.4 Å². The van der Waals surface area contributed by atoms with Crippen LogP contribution in [-0.2, 0) is 0 Å². The first-order chi connectivity index (χ1) is 9.72. The zero-order chi connectivity index (χ0) is 13.9. The van der Waals surface area contributed by atoms with Gasteiger partial charge in [0.1, 0.15) is 0 Å². The van der Waals surface area contributed by atoms with Crippen LogP contribution < -0.4 is 10.6 Å². The summed E-state index contributed by atoms with van der Waals surface area (Å²) in [6.07, 6.45) is 3.60. The lowest BCUT2D eigenvalue weighted by Crippen LogP contribution is -2.31. The Hall–Kier alpha value is -1.88. The number of hydrogen-bond acceptors (Lipinski definition) is 5. The van der Waals surface area contributed by atoms with Crippen molar-refractivity contribution >= 4 is 23.5 Å². The molecule has 1 aromatic heterocycles. The van der Waals surface area contributed by atoms with Crippen molar-refractivity contribution in [3.05, 3.63) is 29.3 Å². The van der Waals surface area contributed by atoms with Crippen molar-refractivity contribution in [2.24, 2.45) is 0 Å². The quantitative estimate of drug-likeness (QED) is 0.921. The van der Waals surface area contributed by atoms with Crippen LogP contribution in [0.5, 0.6) is 0 Å². The molecule has 1 aromatic carbocycles. The maximum absolute atomic E-state index is 5.90. The van der Waals surface area contributed by atoms with Gasteiger partial charge in [-0.3, -0.25) is 0 Å². The van der Waals surface area contributed by atoms with Crippen molar-refractivity contribution in [1.29, 1.82) is 0 Å². The van der Waals surface area contributed by atoms with Gasteiger partial charge in [-0.15, -0.1) is 0 Å². The van der Waals surface area contributed by atoms with Gasteiger partial charge < -0.3 is 10.6 Å². The van der Waals surface area contributed by atoms with Gasteiger partial charge in [-0.05, 0) is 43.5 Å². The third kappa shape index (κ3) is 2.82. The van der Waals surface area contributed by atoms with Crippen LogP contribution in [0.1, 0.15) is 19.3 Å². The predicted octanol–water partition coefficient (Wildman–Crippen LogP) is 2.76. The van der Waals surface area contributed by atoms with E-state index in [-0.39, 0.29) is 5.95 Å². The molecule has 1 fully saturated rings. The minimum Gasteiger partial charge on any atom is -0.368 e. The largest absolute Gasteiger partial charge is 0.368 e. The number of piperidine rings is 1. The highest BCUT2D eigenvalue weighted by atomic mass is 35.5. The van der Waals surface area contributed by atoms with Gasteiger partial charge in [0.25, 0.3) is 0 Å². The normalized spacial score (nSPS) is 15.3. The molecule has 0 unspecified atom stereocenters. The number of hydrogen-bond donors (Lipinski definition) is 1. The average molecular weight is 290 g/mol. The van der Waals surface area contributed by atoms with Crippen LogP contribution in [0.15, 0.2) is 24.3 Å². The van der Waals surface area contributed by atoms with E-state index in [1.54, 1.807) is 0 Å². The van der Waals surface area contributed by atoms with Crippen LogP contribution in [0.2, 0.25) is 5.02 Å². The Morgan fingerprint density at radius 1 is 0.950 bits per heavy atom. The fourth-order valence-corrected chi connectivity index (χ4v) is 2.47. The Kier molecular flexibility index (Phi) is 3.69. The second-order valence-electron chi connectivity index (χ2n) is 4.87. The molecule has 5 nitrogen and oxygen atoms in total. The number of halogens is 1. The van der Waals surface area contributed by atoms with Crippen LogP contribution in [0, 0.1) is 0 Å². The molecule has 1 aliphatic rings. The van der Waals surface area contributed by atoms with Gasteiger partial charge in [0, 0.05) is 23.7 Å². The summed E-state index contributed by atoms with van der Waals surface area (Å²) in [4.78, 5) is 15.2. The fraction of sp³-hybridized carbons (Fsp3) is 0.357. The van der Waals surface area contributed by atoms with E-state index in [9.17, 15) is 0 Å². The van der Waals surface area contributed by atoms with Gasteiger partial charge in [0.2, 0.25) is 11.9 Å². The zero-order valence-corrected chi connectivity index (χ0v) is 11.8. The van der Waals surface area contributed by atoms with Gasteiger partial charge in [-0.1, -0.05) is 11.6 Å². The first kappa shape index (κ1) is 13.1. The Bertz CT molecular complexity index is 593. The summed E-state index contributed by atoms with van der Waals surface area (Å²) in [6.45, 7) is 1.95. The van der Waals surface area contributed by atoms with Crippen molar-refractivity contribution in [3.8, 4) is 11.4 Å². The van der Waals surface area contributed by atoms with E-state index in [4.69, 9.17) is 17.3 Å². The Morgan fingerprint density at radius 3 is 2.35 bits per heavy atom. The lowest BCUT2D eigenvalue weighted by molar-refractivity contribution is 0.568. The Balaban J connectivity index is 1.95. The summed E-state index contributed by atoms with van der Waals surface area (Å²) in [7, 11) is 0. The molecule has 2 heterocycles. The summed E-state index contributed by atoms with van der Waals surface area (Å²) in [5, 5.41) is 0.687. The number of anilines is 2. The summed E-state index contributed by atoms with van der Waals surface area (Å²) < 4.78 is 0. The highest BCUT2D eigenvalue weighted by Crippen LogP contribution is 2.22. The number of nitrogens with zero attached hydrogens (tertiary/aromatic N) is 4. The van der Waals surface area contributed by atoms with E-state index in [1.165, 1.54) is 19.3 Å². The molecule has 3 rings (SSSR count). The lowest BCUT2D eigenvalue weighted by atomic mass is 10.1. The molecule has 1 aliphatic heterocycles. The first-order valence-corrected chi connectivity index (χ1v) is 7.12. The summed E-state index contributed by atoms with van der Waals surface area (Å²) in [5.74, 6) is 1.52. The van der Waals surface area contributed by atoms with Gasteiger partial charge >= 0.3 is 0 Å². The molecule has 0 aliphatic carbocycles. The van der Waals surface area contributed by atoms with Gasteiger partial charge in [0.15, 0.2) is 5.82 Å². The van der Waals surface area contributed by atoms with E-state index >= 15 is 0 Å². The second kappa shape index (κ2) is 5.63. The molecule has 2 N–H and O–H groups in total. The topological polar surface area (TPSA) is 67.9 Å². The summed E-state index contributed by atoms with van der Waals surface area (Å²) >= 11 is 5.90. The minimum atomic E-state index is 0.255. The molecule has 0 radical (unpaired) electrons. The highest BCUT2D eigenvalue weighted by molar-refractivity contribution is 6.30. The molecule has 0 amide bonds. The van der Waals surface area contributed by atoms with Crippen molar-refractivity contribution in [2.45, 2.75) is 19.3 Å². The van der Waals surface area contributed by atoms with Gasteiger partial charge in [-0.25, -0.2) is 0 Å². The molecule has 0 saturated carbocycles. The van der Waals surface area contributed by atoms with Crippen molar-refractivity contribution in [1.82, 2.24) is 15.0 Å². The molecule has 0 spiro atoms. The van der Waals surface area contributed by atoms with E-state index in [0.29, 0.717) is 16.8 Å². The third-order valence-corrected chi connectivity index (χ3v) is 3.63. The van der Waals surface area contributed by atoms with E-state index < -0.39 is 0 Å². The molecule has 0 atom stereocenters. The van der Waals surface area contributed by atoms with Crippen LogP contribution in [-0.4, -0.2) is 28.0 Å². The number of nitrogen functional groups attached to an aromatic ring is 1. The lowest BCUT2D eigenvalue weighted by Gasteiger charge is -2.26. The number of rotatable bonds is 2. The smallest absolute Gasteiger partial charge is 0.230 e. The zero-order valence-electron chi connectivity index (χ0n) is 11.1. The predicted molar refractivity (Wildman–Crippen MR) is 80.7 cm³/mol. The molecule has 2 aromatic rings. The third-order valence-electron chi connectivity index (χ3n) is 3.38. The van der Waals surface area contributed by atoms with Crippen LogP contribution in [0.3, 0.4) is 0 Å². The molecule has 6 heteroatoms. The Morgan fingerprint density at radius 2 is 1.65 bits per heavy atom. The van der Waals surface area contributed by atoms with Crippen molar-refractivity contribution < 1.29 is 0 Å². The summed E-state index contributed by atoms with van der Waals surface area (Å²) in [5.41, 5.74) is 6.71. The average Bonchev–Trinajstić information content (AvgIpc) is 2.48. The number of nitrogens with two attached hydrogens (primary N) is 1. The van der Waals surface area contributed by atoms with Crippen LogP contribution >= 0.6 is 11.6 Å². The van der Waals surface area contributed by atoms with Crippen LogP contribution in [0.4, 0.5) is 11.9 Å². The van der Waals surface area contributed by atoms with Crippen molar-refractivity contribution in [2.75, 3.05) is 23.7 Å².